The second-order valence-corrected chi connectivity index (χ2v) is 11.6. The standard InChI is InChI=1S/C31H39N9O9/c1-31(2,3)49-30(48)37-24(29(46)47)17-19(28(44)45)5-4-6-26(42)35-20-7-11-22(12-8-20)38-39-23-13-9-21(10-14-23)36-27(43)18-33-25(41)15-16-34-40-32/h7-14,19,24H,4-6,15-18H2,1-3H3,(H,33,41)(H,35,42)(H,36,43)(H,37,48)(H,44,45)(H,46,47)/t19-,24-/m0/s1. The van der Waals surface area contributed by atoms with Gasteiger partial charge in [-0.15, -0.1) is 0 Å². The van der Waals surface area contributed by atoms with E-state index in [1.807, 2.05) is 0 Å². The molecule has 262 valence electrons. The number of rotatable bonds is 18. The van der Waals surface area contributed by atoms with Crippen LogP contribution in [0.2, 0.25) is 0 Å². The fourth-order valence-corrected chi connectivity index (χ4v) is 4.04. The number of amides is 4. The number of anilines is 2. The Hall–Kier alpha value is -6.03. The number of alkyl carbamates (subject to hydrolysis) is 1. The van der Waals surface area contributed by atoms with Gasteiger partial charge in [0.15, 0.2) is 0 Å². The van der Waals surface area contributed by atoms with Crippen molar-refractivity contribution in [3.63, 3.8) is 0 Å². The zero-order valence-corrected chi connectivity index (χ0v) is 27.2. The normalized spacial score (nSPS) is 12.1. The first kappa shape index (κ1) is 39.1. The third kappa shape index (κ3) is 16.4. The molecule has 0 fully saturated rings. The zero-order chi connectivity index (χ0) is 36.4. The highest BCUT2D eigenvalue weighted by molar-refractivity contribution is 5.94. The molecule has 0 aromatic heterocycles. The highest BCUT2D eigenvalue weighted by atomic mass is 16.6. The molecule has 2 aromatic carbocycles. The van der Waals surface area contributed by atoms with Gasteiger partial charge in [0.05, 0.1) is 23.8 Å². The maximum absolute atomic E-state index is 12.5. The number of aliphatic carboxylic acids is 2. The van der Waals surface area contributed by atoms with Crippen LogP contribution in [0.15, 0.2) is 63.9 Å². The molecular weight excluding hydrogens is 642 g/mol. The summed E-state index contributed by atoms with van der Waals surface area (Å²) in [6.07, 6.45) is -1.24. The first-order valence-corrected chi connectivity index (χ1v) is 15.1. The van der Waals surface area contributed by atoms with Crippen molar-refractivity contribution in [3.05, 3.63) is 59.0 Å². The van der Waals surface area contributed by atoms with E-state index >= 15 is 0 Å². The summed E-state index contributed by atoms with van der Waals surface area (Å²) < 4.78 is 5.05. The summed E-state index contributed by atoms with van der Waals surface area (Å²) in [5.41, 5.74) is 9.29. The van der Waals surface area contributed by atoms with Gasteiger partial charge in [-0.2, -0.15) is 10.2 Å². The van der Waals surface area contributed by atoms with Crippen LogP contribution in [0.1, 0.15) is 52.9 Å². The van der Waals surface area contributed by atoms with Crippen molar-refractivity contribution in [1.82, 2.24) is 10.6 Å². The Bertz CT molecular complexity index is 1550. The van der Waals surface area contributed by atoms with E-state index in [2.05, 4.69) is 41.5 Å². The summed E-state index contributed by atoms with van der Waals surface area (Å²) in [5.74, 6) is -5.01. The summed E-state index contributed by atoms with van der Waals surface area (Å²) in [5, 5.41) is 40.5. The Labute approximate surface area is 281 Å². The average Bonchev–Trinajstić information content (AvgIpc) is 3.02. The molecule has 18 nitrogen and oxygen atoms in total. The Morgan fingerprint density at radius 1 is 0.816 bits per heavy atom. The van der Waals surface area contributed by atoms with Crippen molar-refractivity contribution in [2.75, 3.05) is 23.7 Å². The van der Waals surface area contributed by atoms with E-state index in [0.717, 1.165) is 0 Å². The lowest BCUT2D eigenvalue weighted by atomic mass is 9.94. The van der Waals surface area contributed by atoms with Crippen LogP contribution in [0.3, 0.4) is 0 Å². The molecule has 0 spiro atoms. The van der Waals surface area contributed by atoms with Gasteiger partial charge in [-0.25, -0.2) is 9.59 Å². The van der Waals surface area contributed by atoms with E-state index in [1.54, 1.807) is 69.3 Å². The quantitative estimate of drug-likeness (QED) is 0.0698. The molecule has 0 saturated heterocycles. The van der Waals surface area contributed by atoms with Crippen LogP contribution in [0.4, 0.5) is 27.5 Å². The van der Waals surface area contributed by atoms with Crippen molar-refractivity contribution in [1.29, 1.82) is 0 Å². The second-order valence-electron chi connectivity index (χ2n) is 11.6. The average molecular weight is 682 g/mol. The van der Waals surface area contributed by atoms with Gasteiger partial charge < -0.3 is 36.2 Å². The van der Waals surface area contributed by atoms with Gasteiger partial charge in [-0.3, -0.25) is 19.2 Å². The molecule has 0 aliphatic heterocycles. The van der Waals surface area contributed by atoms with Gasteiger partial charge in [-0.05, 0) is 94.1 Å². The number of hydrogen-bond acceptors (Lipinski definition) is 10. The zero-order valence-electron chi connectivity index (χ0n) is 27.2. The van der Waals surface area contributed by atoms with E-state index < -0.39 is 47.4 Å². The Morgan fingerprint density at radius 3 is 1.86 bits per heavy atom. The molecule has 6 N–H and O–H groups in total. The largest absolute Gasteiger partial charge is 0.481 e. The molecule has 0 saturated carbocycles. The van der Waals surface area contributed by atoms with Crippen LogP contribution < -0.4 is 21.3 Å². The molecule has 0 heterocycles. The lowest BCUT2D eigenvalue weighted by molar-refractivity contribution is -0.144. The van der Waals surface area contributed by atoms with Crippen molar-refractivity contribution in [3.8, 4) is 0 Å². The molecule has 0 aliphatic rings. The molecule has 49 heavy (non-hydrogen) atoms. The molecule has 0 unspecified atom stereocenters. The first-order chi connectivity index (χ1) is 23.1. The van der Waals surface area contributed by atoms with Crippen LogP contribution in [0.5, 0.6) is 0 Å². The number of carboxylic acid groups (broad SMARTS) is 2. The Kier molecular flexibility index (Phi) is 15.7. The van der Waals surface area contributed by atoms with E-state index in [4.69, 9.17) is 10.3 Å². The minimum Gasteiger partial charge on any atom is -0.481 e. The monoisotopic (exact) mass is 681 g/mol. The number of ether oxygens (including phenoxy) is 1. The molecule has 4 amide bonds. The molecule has 0 bridgehead atoms. The summed E-state index contributed by atoms with van der Waals surface area (Å²) >= 11 is 0. The maximum atomic E-state index is 12.5. The van der Waals surface area contributed by atoms with Crippen molar-refractivity contribution < 1.29 is 43.7 Å². The van der Waals surface area contributed by atoms with Gasteiger partial charge in [0.1, 0.15) is 11.6 Å². The summed E-state index contributed by atoms with van der Waals surface area (Å²) in [7, 11) is 0. The van der Waals surface area contributed by atoms with E-state index in [9.17, 15) is 39.0 Å². The molecule has 2 aromatic rings. The lowest BCUT2D eigenvalue weighted by Crippen LogP contribution is -2.45. The molecule has 18 heteroatoms. The van der Waals surface area contributed by atoms with Crippen molar-refractivity contribution in [2.24, 2.45) is 21.3 Å². The maximum Gasteiger partial charge on any atom is 0.408 e. The van der Waals surface area contributed by atoms with E-state index in [1.165, 1.54) is 0 Å². The predicted octanol–water partition coefficient (Wildman–Crippen LogP) is 5.03. The second kappa shape index (κ2) is 19.6. The van der Waals surface area contributed by atoms with Crippen LogP contribution in [-0.2, 0) is 28.7 Å². The fraction of sp³-hybridized carbons (Fsp3) is 0.419. The third-order valence-corrected chi connectivity index (χ3v) is 6.35. The molecule has 2 rings (SSSR count). The smallest absolute Gasteiger partial charge is 0.408 e. The SMILES string of the molecule is CC(C)(C)OC(=O)N[C@@H](C[C@H](CCCC(=O)Nc1ccc(N=Nc2ccc(NC(=O)CNC(=O)CCN=[N+]=[N-])cc2)cc1)C(=O)O)C(=O)O. The number of carbonyl (C=O) groups is 6. The number of nitrogens with one attached hydrogen (secondary N) is 4. The summed E-state index contributed by atoms with van der Waals surface area (Å²) in [4.78, 5) is 74.0. The minimum absolute atomic E-state index is 0.0000214. The first-order valence-electron chi connectivity index (χ1n) is 15.1. The fourth-order valence-electron chi connectivity index (χ4n) is 4.04. The number of azo groups is 1. The summed E-state index contributed by atoms with van der Waals surface area (Å²) in [6.45, 7) is 4.57. The molecule has 0 aliphatic carbocycles. The number of carboxylic acids is 2. The highest BCUT2D eigenvalue weighted by Gasteiger charge is 2.30. The number of benzene rings is 2. The van der Waals surface area contributed by atoms with Crippen LogP contribution >= 0.6 is 0 Å². The van der Waals surface area contributed by atoms with Gasteiger partial charge in [0.2, 0.25) is 17.7 Å². The Balaban J connectivity index is 1.80. The van der Waals surface area contributed by atoms with Gasteiger partial charge in [0.25, 0.3) is 0 Å². The predicted molar refractivity (Wildman–Crippen MR) is 176 cm³/mol. The van der Waals surface area contributed by atoms with Crippen LogP contribution in [-0.4, -0.2) is 70.7 Å². The third-order valence-electron chi connectivity index (χ3n) is 6.35. The molecular formula is C31H39N9O9. The van der Waals surface area contributed by atoms with Crippen molar-refractivity contribution in [2.45, 2.75) is 64.5 Å². The lowest BCUT2D eigenvalue weighted by Gasteiger charge is -2.23. The van der Waals surface area contributed by atoms with E-state index in [-0.39, 0.29) is 51.1 Å². The van der Waals surface area contributed by atoms with Crippen LogP contribution in [0.25, 0.3) is 10.4 Å². The van der Waals surface area contributed by atoms with Gasteiger partial charge >= 0.3 is 18.0 Å². The topological polar surface area (TPSA) is 274 Å². The van der Waals surface area contributed by atoms with Gasteiger partial charge in [0, 0.05) is 35.7 Å². The van der Waals surface area contributed by atoms with Gasteiger partial charge in [-0.1, -0.05) is 5.11 Å². The Morgan fingerprint density at radius 2 is 1.37 bits per heavy atom. The summed E-state index contributed by atoms with van der Waals surface area (Å²) in [6, 6.07) is 11.5. The number of azide groups is 1. The molecule has 0 radical (unpaired) electrons. The number of nitrogens with zero attached hydrogens (tertiary/aromatic N) is 5. The van der Waals surface area contributed by atoms with Crippen molar-refractivity contribution >= 4 is 58.5 Å². The number of hydrogen-bond donors (Lipinski definition) is 6. The van der Waals surface area contributed by atoms with E-state index in [0.29, 0.717) is 22.7 Å². The van der Waals surface area contributed by atoms with Crippen LogP contribution in [0, 0.1) is 5.92 Å². The minimum atomic E-state index is -1.48. The highest BCUT2D eigenvalue weighted by Crippen LogP contribution is 2.22. The number of carbonyl (C=O) groups excluding carboxylic acids is 4. The molecule has 2 atom stereocenters.